The van der Waals surface area contributed by atoms with Gasteiger partial charge in [-0.3, -0.25) is 4.79 Å². The molecule has 3 aromatic rings. The van der Waals surface area contributed by atoms with E-state index >= 15 is 0 Å². The Balaban J connectivity index is 1.49. The van der Waals surface area contributed by atoms with Crippen molar-refractivity contribution in [3.63, 3.8) is 0 Å². The zero-order chi connectivity index (χ0) is 28.5. The molecule has 0 radical (unpaired) electrons. The van der Waals surface area contributed by atoms with Gasteiger partial charge in [0.15, 0.2) is 0 Å². The third kappa shape index (κ3) is 8.02. The number of carbonyl (C=O) groups excluding carboxylic acids is 1. The van der Waals surface area contributed by atoms with Crippen LogP contribution < -0.4 is 20.9 Å². The van der Waals surface area contributed by atoms with Crippen LogP contribution in [0.5, 0.6) is 0 Å². The number of benzene rings is 3. The predicted molar refractivity (Wildman–Crippen MR) is 157 cm³/mol. The van der Waals surface area contributed by atoms with E-state index in [9.17, 15) is 18.7 Å². The van der Waals surface area contributed by atoms with Crippen LogP contribution in [-0.2, 0) is 19.4 Å². The minimum atomic E-state index is -0.995. The summed E-state index contributed by atoms with van der Waals surface area (Å²) < 4.78 is 27.9. The Morgan fingerprint density at radius 2 is 1.80 bits per heavy atom. The quantitative estimate of drug-likeness (QED) is 0.240. The molecule has 6 nitrogen and oxygen atoms in total. The molecule has 4 rings (SSSR count). The van der Waals surface area contributed by atoms with Crippen molar-refractivity contribution in [3.8, 4) is 0 Å². The van der Waals surface area contributed by atoms with Gasteiger partial charge in [0.1, 0.15) is 11.6 Å². The molecular formula is C32H40F2N4O2. The van der Waals surface area contributed by atoms with Crippen molar-refractivity contribution < 1.29 is 18.7 Å². The average Bonchev–Trinajstić information content (AvgIpc) is 2.95. The third-order valence-corrected chi connectivity index (χ3v) is 7.32. The Morgan fingerprint density at radius 3 is 2.55 bits per heavy atom. The molecule has 0 fully saturated rings. The molecule has 1 aliphatic heterocycles. The van der Waals surface area contributed by atoms with Crippen molar-refractivity contribution in [2.75, 3.05) is 36.4 Å². The van der Waals surface area contributed by atoms with E-state index in [1.807, 2.05) is 24.3 Å². The second-order valence-electron chi connectivity index (χ2n) is 10.4. The van der Waals surface area contributed by atoms with E-state index in [1.165, 1.54) is 17.7 Å². The molecule has 2 atom stereocenters. The van der Waals surface area contributed by atoms with Crippen LogP contribution in [-0.4, -0.2) is 49.3 Å². The molecule has 0 aromatic heterocycles. The number of aryl methyl sites for hydroxylation is 1. The number of aliphatic hydroxyl groups excluding tert-OH is 1. The van der Waals surface area contributed by atoms with Crippen LogP contribution in [0.15, 0.2) is 60.7 Å². The van der Waals surface area contributed by atoms with Crippen molar-refractivity contribution in [2.24, 2.45) is 0 Å². The second-order valence-corrected chi connectivity index (χ2v) is 10.4. The highest BCUT2D eigenvalue weighted by Crippen LogP contribution is 2.30. The summed E-state index contributed by atoms with van der Waals surface area (Å²) in [5.74, 6) is -1.74. The van der Waals surface area contributed by atoms with Crippen LogP contribution in [0.1, 0.15) is 53.7 Å². The zero-order valence-corrected chi connectivity index (χ0v) is 23.4. The molecule has 0 saturated heterocycles. The van der Waals surface area contributed by atoms with Gasteiger partial charge in [0.25, 0.3) is 5.91 Å². The molecule has 3 aromatic carbocycles. The summed E-state index contributed by atoms with van der Waals surface area (Å²) in [5, 5.41) is 20.7. The van der Waals surface area contributed by atoms with Crippen molar-refractivity contribution in [3.05, 3.63) is 94.6 Å². The van der Waals surface area contributed by atoms with Gasteiger partial charge >= 0.3 is 0 Å². The zero-order valence-electron chi connectivity index (χ0n) is 23.4. The molecule has 0 bridgehead atoms. The Hall–Kier alpha value is -3.49. The number of rotatable bonds is 13. The number of anilines is 2. The summed E-state index contributed by atoms with van der Waals surface area (Å²) in [4.78, 5) is 15.7. The number of hydrogen-bond donors (Lipinski definition) is 4. The minimum absolute atomic E-state index is 0.0731. The highest BCUT2D eigenvalue weighted by molar-refractivity contribution is 5.96. The highest BCUT2D eigenvalue weighted by Gasteiger charge is 2.24. The molecule has 0 saturated carbocycles. The number of aliphatic hydroxyl groups is 1. The number of unbranched alkanes of at least 4 members (excludes halogenated alkanes) is 1. The van der Waals surface area contributed by atoms with Gasteiger partial charge in [0.05, 0.1) is 23.5 Å². The van der Waals surface area contributed by atoms with Gasteiger partial charge in [-0.2, -0.15) is 0 Å². The van der Waals surface area contributed by atoms with Crippen LogP contribution in [0.2, 0.25) is 0 Å². The first-order valence-electron chi connectivity index (χ1n) is 14.2. The largest absolute Gasteiger partial charge is 0.390 e. The van der Waals surface area contributed by atoms with Crippen LogP contribution in [0, 0.1) is 11.6 Å². The van der Waals surface area contributed by atoms with Gasteiger partial charge in [0, 0.05) is 44.4 Å². The molecule has 4 N–H and O–H groups in total. The summed E-state index contributed by atoms with van der Waals surface area (Å²) in [6, 6.07) is 16.2. The monoisotopic (exact) mass is 550 g/mol. The number of amides is 1. The number of halogens is 2. The first-order valence-corrected chi connectivity index (χ1v) is 14.2. The molecule has 1 aliphatic rings. The van der Waals surface area contributed by atoms with Gasteiger partial charge in [-0.05, 0) is 66.3 Å². The maximum atomic E-state index is 13.9. The smallest absolute Gasteiger partial charge is 0.251 e. The summed E-state index contributed by atoms with van der Waals surface area (Å²) in [6.45, 7) is 7.60. The molecule has 1 amide bonds. The van der Waals surface area contributed by atoms with Gasteiger partial charge in [-0.25, -0.2) is 8.78 Å². The van der Waals surface area contributed by atoms with E-state index in [4.69, 9.17) is 0 Å². The van der Waals surface area contributed by atoms with E-state index < -0.39 is 23.8 Å². The summed E-state index contributed by atoms with van der Waals surface area (Å²) in [5.41, 5.74) is 5.12. The van der Waals surface area contributed by atoms with Crippen molar-refractivity contribution in [2.45, 2.75) is 58.2 Å². The lowest BCUT2D eigenvalue weighted by molar-refractivity contribution is 0.0830. The predicted octanol–water partition coefficient (Wildman–Crippen LogP) is 5.05. The maximum absolute atomic E-state index is 13.9. The molecule has 0 spiro atoms. The Bertz CT molecular complexity index is 1270. The number of carbonyl (C=O) groups is 1. The van der Waals surface area contributed by atoms with E-state index in [0.717, 1.165) is 61.9 Å². The number of nitrogens with zero attached hydrogens (tertiary/aromatic N) is 1. The molecule has 214 valence electrons. The number of hydrogen-bond acceptors (Lipinski definition) is 5. The molecule has 1 heterocycles. The maximum Gasteiger partial charge on any atom is 0.251 e. The fourth-order valence-electron chi connectivity index (χ4n) is 5.10. The topological polar surface area (TPSA) is 76.6 Å². The second kappa shape index (κ2) is 14.2. The number of fused-ring (bicyclic) bond motifs is 1. The minimum Gasteiger partial charge on any atom is -0.390 e. The van der Waals surface area contributed by atoms with E-state index in [-0.39, 0.29) is 18.9 Å². The van der Waals surface area contributed by atoms with Crippen molar-refractivity contribution >= 4 is 17.3 Å². The summed E-state index contributed by atoms with van der Waals surface area (Å²) in [7, 11) is 0. The molecule has 8 heteroatoms. The fraction of sp³-hybridized carbons (Fsp3) is 0.406. The van der Waals surface area contributed by atoms with Gasteiger partial charge in [-0.1, -0.05) is 44.5 Å². The fourth-order valence-corrected chi connectivity index (χ4v) is 5.10. The van der Waals surface area contributed by atoms with Crippen LogP contribution in [0.3, 0.4) is 0 Å². The Morgan fingerprint density at radius 1 is 1.02 bits per heavy atom. The SMILES string of the molecule is CCCCN1CCNc2ccc(C(=O)N[C@@H](Cc3cc(F)cc(F)c3)[C@@H](O)CNCc3cccc(CC)c3)cc21. The Kier molecular flexibility index (Phi) is 10.5. The van der Waals surface area contributed by atoms with Gasteiger partial charge in [-0.15, -0.1) is 0 Å². The van der Waals surface area contributed by atoms with E-state index in [0.29, 0.717) is 17.7 Å². The lowest BCUT2D eigenvalue weighted by Gasteiger charge is -2.32. The first-order chi connectivity index (χ1) is 19.4. The molecule has 0 aliphatic carbocycles. The summed E-state index contributed by atoms with van der Waals surface area (Å²) in [6.07, 6.45) is 2.15. The molecule has 40 heavy (non-hydrogen) atoms. The lowest BCUT2D eigenvalue weighted by atomic mass is 9.99. The highest BCUT2D eigenvalue weighted by atomic mass is 19.1. The van der Waals surface area contributed by atoms with Crippen LogP contribution in [0.4, 0.5) is 20.2 Å². The molecule has 0 unspecified atom stereocenters. The molecular weight excluding hydrogens is 510 g/mol. The van der Waals surface area contributed by atoms with Crippen molar-refractivity contribution in [1.29, 1.82) is 0 Å². The van der Waals surface area contributed by atoms with Gasteiger partial charge < -0.3 is 26.0 Å². The van der Waals surface area contributed by atoms with Crippen molar-refractivity contribution in [1.82, 2.24) is 10.6 Å². The third-order valence-electron chi connectivity index (χ3n) is 7.32. The average molecular weight is 551 g/mol. The Labute approximate surface area is 235 Å². The first kappa shape index (κ1) is 29.5. The number of nitrogens with one attached hydrogen (secondary N) is 3. The lowest BCUT2D eigenvalue weighted by Crippen LogP contribution is -2.48. The van der Waals surface area contributed by atoms with Gasteiger partial charge in [0.2, 0.25) is 0 Å². The normalized spacial score (nSPS) is 14.3. The van der Waals surface area contributed by atoms with E-state index in [1.54, 1.807) is 6.07 Å². The summed E-state index contributed by atoms with van der Waals surface area (Å²) >= 11 is 0. The van der Waals surface area contributed by atoms with E-state index in [2.05, 4.69) is 46.8 Å². The van der Waals surface area contributed by atoms with Crippen LogP contribution in [0.25, 0.3) is 0 Å². The standard InChI is InChI=1S/C32H40F2N4O2/c1-3-5-12-38-13-11-36-28-10-9-25(18-30(28)38)32(40)37-29(17-24-15-26(33)19-27(34)16-24)31(39)21-35-20-23-8-6-7-22(4-2)14-23/h6-10,14-16,18-19,29,31,35-36,39H,3-5,11-13,17,20-21H2,1-2H3,(H,37,40)/t29-,31-/m0/s1. The van der Waals surface area contributed by atoms with Crippen LogP contribution >= 0.6 is 0 Å².